The quantitative estimate of drug-likeness (QED) is 0.288. The molecular weight excluding hydrogens is 414 g/mol. The molecule has 0 saturated carbocycles. The Morgan fingerprint density at radius 1 is 1.06 bits per heavy atom. The molecule has 0 fully saturated rings. The number of hydrogen-bond acceptors (Lipinski definition) is 6. The van der Waals surface area contributed by atoms with E-state index in [1.54, 1.807) is 20.3 Å². The van der Waals surface area contributed by atoms with Crippen molar-refractivity contribution in [2.24, 2.45) is 0 Å². The Balaban J connectivity index is 1.79. The largest absolute Gasteiger partial charge is 0.493 e. The van der Waals surface area contributed by atoms with Crippen LogP contribution in [0.1, 0.15) is 27.3 Å². The number of pyridine rings is 1. The number of hydrogen-bond donors (Lipinski definition) is 0. The average molecular weight is 439 g/mol. The van der Waals surface area contributed by atoms with Crippen molar-refractivity contribution in [2.75, 3.05) is 14.2 Å². The molecule has 0 atom stereocenters. The zero-order valence-corrected chi connectivity index (χ0v) is 18.5. The zero-order valence-electron chi connectivity index (χ0n) is 18.5. The van der Waals surface area contributed by atoms with E-state index in [4.69, 9.17) is 9.47 Å². The Morgan fingerprint density at radius 2 is 1.78 bits per heavy atom. The summed E-state index contributed by atoms with van der Waals surface area (Å²) in [6, 6.07) is 9.76. The summed E-state index contributed by atoms with van der Waals surface area (Å²) in [7, 11) is 3.18. The highest BCUT2D eigenvalue weighted by molar-refractivity contribution is 5.97. The first-order chi connectivity index (χ1) is 15.2. The van der Waals surface area contributed by atoms with Gasteiger partial charge in [0.25, 0.3) is 11.2 Å². The van der Waals surface area contributed by atoms with Crippen molar-refractivity contribution in [3.63, 3.8) is 0 Å². The topological polar surface area (TPSA) is 106 Å². The number of benzene rings is 1. The molecular formula is C23H25N3O6. The maximum absolute atomic E-state index is 12.9. The van der Waals surface area contributed by atoms with E-state index in [0.29, 0.717) is 30.0 Å². The molecule has 0 N–H and O–H groups in total. The number of carbonyl (C=O) groups is 1. The van der Waals surface area contributed by atoms with Gasteiger partial charge in [-0.15, -0.1) is 0 Å². The number of ether oxygens (including phenoxy) is 2. The lowest BCUT2D eigenvalue weighted by Crippen LogP contribution is -2.23. The average Bonchev–Trinajstić information content (AvgIpc) is 3.06. The van der Waals surface area contributed by atoms with E-state index in [-0.39, 0.29) is 18.0 Å². The highest BCUT2D eigenvalue weighted by Gasteiger charge is 2.18. The van der Waals surface area contributed by atoms with Gasteiger partial charge in [0.05, 0.1) is 31.9 Å². The Hall–Kier alpha value is -3.88. The van der Waals surface area contributed by atoms with Gasteiger partial charge in [-0.1, -0.05) is 6.07 Å². The van der Waals surface area contributed by atoms with Gasteiger partial charge in [0, 0.05) is 35.6 Å². The van der Waals surface area contributed by atoms with Crippen molar-refractivity contribution in [2.45, 2.75) is 33.4 Å². The molecule has 0 amide bonds. The van der Waals surface area contributed by atoms with Crippen LogP contribution in [0.3, 0.4) is 0 Å². The minimum absolute atomic E-state index is 0.238. The Kier molecular flexibility index (Phi) is 6.77. The molecule has 3 aromatic rings. The summed E-state index contributed by atoms with van der Waals surface area (Å²) in [4.78, 5) is 35.3. The van der Waals surface area contributed by atoms with E-state index in [9.17, 15) is 19.7 Å². The van der Waals surface area contributed by atoms with Crippen LogP contribution in [-0.4, -0.2) is 34.1 Å². The van der Waals surface area contributed by atoms with Crippen molar-refractivity contribution in [1.29, 1.82) is 0 Å². The molecule has 9 heteroatoms. The molecule has 1 aromatic carbocycles. The molecule has 2 aromatic heterocycles. The number of aryl methyl sites for hydroxylation is 2. The maximum Gasteiger partial charge on any atom is 0.285 e. The fraction of sp³-hybridized carbons (Fsp3) is 0.304. The molecule has 0 bridgehead atoms. The van der Waals surface area contributed by atoms with Gasteiger partial charge in [-0.2, -0.15) is 0 Å². The van der Waals surface area contributed by atoms with E-state index in [0.717, 1.165) is 39.8 Å². The highest BCUT2D eigenvalue weighted by atomic mass is 16.6. The fourth-order valence-electron chi connectivity index (χ4n) is 3.69. The van der Waals surface area contributed by atoms with E-state index in [1.807, 2.05) is 36.6 Å². The van der Waals surface area contributed by atoms with Crippen LogP contribution in [0.5, 0.6) is 11.5 Å². The van der Waals surface area contributed by atoms with E-state index in [1.165, 1.54) is 0 Å². The minimum atomic E-state index is -0.597. The Morgan fingerprint density at radius 3 is 2.44 bits per heavy atom. The lowest BCUT2D eigenvalue weighted by atomic mass is 10.1. The van der Waals surface area contributed by atoms with Gasteiger partial charge >= 0.3 is 0 Å². The Bertz CT molecular complexity index is 1220. The molecule has 2 heterocycles. The molecule has 0 aliphatic carbocycles. The molecule has 9 nitrogen and oxygen atoms in total. The van der Waals surface area contributed by atoms with E-state index >= 15 is 0 Å². The van der Waals surface area contributed by atoms with Crippen LogP contribution in [0.25, 0.3) is 0 Å². The molecule has 3 rings (SSSR count). The summed E-state index contributed by atoms with van der Waals surface area (Å²) in [6.07, 6.45) is 1.81. The summed E-state index contributed by atoms with van der Waals surface area (Å²) in [5, 5.41) is 11.0. The zero-order chi connectivity index (χ0) is 23.4. The first-order valence-electron chi connectivity index (χ1n) is 10.0. The lowest BCUT2D eigenvalue weighted by molar-refractivity contribution is -0.385. The fourth-order valence-corrected chi connectivity index (χ4v) is 3.69. The van der Waals surface area contributed by atoms with Crippen LogP contribution in [0.2, 0.25) is 0 Å². The van der Waals surface area contributed by atoms with Gasteiger partial charge in [-0.25, -0.2) is 0 Å². The van der Waals surface area contributed by atoms with Crippen LogP contribution < -0.4 is 15.0 Å². The molecule has 168 valence electrons. The lowest BCUT2D eigenvalue weighted by Gasteiger charge is -2.12. The van der Waals surface area contributed by atoms with Crippen molar-refractivity contribution < 1.29 is 19.2 Å². The summed E-state index contributed by atoms with van der Waals surface area (Å²) in [5.41, 5.74) is 2.55. The normalized spacial score (nSPS) is 10.8. The first kappa shape index (κ1) is 22.8. The summed E-state index contributed by atoms with van der Waals surface area (Å²) in [6.45, 7) is 4.15. The molecule has 0 aliphatic rings. The van der Waals surface area contributed by atoms with Gasteiger partial charge in [0.15, 0.2) is 17.3 Å². The molecule has 32 heavy (non-hydrogen) atoms. The number of aromatic nitrogens is 2. The van der Waals surface area contributed by atoms with Gasteiger partial charge in [0.2, 0.25) is 0 Å². The molecule has 0 aliphatic heterocycles. The predicted octanol–water partition coefficient (Wildman–Crippen LogP) is 3.32. The predicted molar refractivity (Wildman–Crippen MR) is 119 cm³/mol. The summed E-state index contributed by atoms with van der Waals surface area (Å²) in [5.74, 6) is 1.04. The minimum Gasteiger partial charge on any atom is -0.493 e. The second-order valence-corrected chi connectivity index (χ2v) is 7.41. The molecule has 0 unspecified atom stereocenters. The second kappa shape index (κ2) is 9.51. The number of rotatable bonds is 9. The second-order valence-electron chi connectivity index (χ2n) is 7.41. The van der Waals surface area contributed by atoms with Crippen molar-refractivity contribution in [3.8, 4) is 11.5 Å². The monoisotopic (exact) mass is 439 g/mol. The van der Waals surface area contributed by atoms with Crippen molar-refractivity contribution in [1.82, 2.24) is 9.13 Å². The van der Waals surface area contributed by atoms with Crippen molar-refractivity contribution >= 4 is 11.5 Å². The van der Waals surface area contributed by atoms with Crippen LogP contribution in [0, 0.1) is 24.0 Å². The van der Waals surface area contributed by atoms with Gasteiger partial charge < -0.3 is 18.6 Å². The van der Waals surface area contributed by atoms with Crippen LogP contribution >= 0.6 is 0 Å². The van der Waals surface area contributed by atoms with Gasteiger partial charge in [0.1, 0.15) is 0 Å². The summed E-state index contributed by atoms with van der Waals surface area (Å²) < 4.78 is 13.7. The third-order valence-corrected chi connectivity index (χ3v) is 5.44. The third-order valence-electron chi connectivity index (χ3n) is 5.44. The number of carbonyl (C=O) groups excluding carboxylic acids is 1. The van der Waals surface area contributed by atoms with Gasteiger partial charge in [-0.05, 0) is 44.0 Å². The SMILES string of the molecule is COc1ccc(CCn2c(C)cc(C(=O)Cn3cc([N+](=O)[O-])ccc3=O)c2C)cc1OC. The number of nitrogens with zero attached hydrogens (tertiary/aromatic N) is 3. The third kappa shape index (κ3) is 4.72. The maximum atomic E-state index is 12.9. The van der Waals surface area contributed by atoms with E-state index in [2.05, 4.69) is 0 Å². The first-order valence-corrected chi connectivity index (χ1v) is 10.0. The number of ketones is 1. The molecule has 0 saturated heterocycles. The number of nitro groups is 1. The number of Topliss-reactive ketones (excluding diaryl/α,β-unsaturated/α-hetero) is 1. The van der Waals surface area contributed by atoms with Gasteiger partial charge in [-0.3, -0.25) is 19.7 Å². The summed E-state index contributed by atoms with van der Waals surface area (Å²) >= 11 is 0. The van der Waals surface area contributed by atoms with Crippen LogP contribution in [-0.2, 0) is 19.5 Å². The highest BCUT2D eigenvalue weighted by Crippen LogP contribution is 2.28. The molecule has 0 spiro atoms. The standard InChI is InChI=1S/C23H25N3O6/c1-15-11-19(20(27)14-24-13-18(26(29)30)6-8-23(24)28)16(2)25(15)10-9-17-5-7-21(31-3)22(12-17)32-4/h5-8,11-13H,9-10,14H2,1-4H3. The number of methoxy groups -OCH3 is 2. The smallest absolute Gasteiger partial charge is 0.285 e. The van der Waals surface area contributed by atoms with Crippen LogP contribution in [0.4, 0.5) is 5.69 Å². The van der Waals surface area contributed by atoms with Crippen LogP contribution in [0.15, 0.2) is 47.4 Å². The Labute approximate surface area is 185 Å². The van der Waals surface area contributed by atoms with E-state index < -0.39 is 10.5 Å². The van der Waals surface area contributed by atoms with Crippen molar-refractivity contribution in [3.05, 3.63) is 85.6 Å². The molecule has 0 radical (unpaired) electrons.